The summed E-state index contributed by atoms with van der Waals surface area (Å²) in [7, 11) is 0. The number of anilines is 1. The highest BCUT2D eigenvalue weighted by Crippen LogP contribution is 2.22. The molecule has 0 aliphatic rings. The molecule has 0 saturated carbocycles. The van der Waals surface area contributed by atoms with Crippen LogP contribution in [-0.2, 0) is 6.42 Å². The molecule has 1 N–H and O–H groups in total. The highest BCUT2D eigenvalue weighted by atomic mass is 15.0. The topological polar surface area (TPSA) is 50.7 Å². The number of nitrogens with zero attached hydrogens (tertiary/aromatic N) is 3. The summed E-state index contributed by atoms with van der Waals surface area (Å²) in [4.78, 5) is 13.6. The van der Waals surface area contributed by atoms with Gasteiger partial charge < -0.3 is 5.32 Å². The van der Waals surface area contributed by atoms with Crippen molar-refractivity contribution in [3.63, 3.8) is 0 Å². The third-order valence-corrected chi connectivity index (χ3v) is 3.28. The number of nitrogens with one attached hydrogen (secondary N) is 1. The van der Waals surface area contributed by atoms with Gasteiger partial charge in [-0.1, -0.05) is 13.8 Å². The maximum atomic E-state index is 4.68. The Balaban J connectivity index is 2.44. The lowest BCUT2D eigenvalue weighted by molar-refractivity contribution is 0.938. The summed E-state index contributed by atoms with van der Waals surface area (Å²) in [5.74, 6) is 1.70. The zero-order valence-corrected chi connectivity index (χ0v) is 12.7. The van der Waals surface area contributed by atoms with Crippen molar-refractivity contribution in [3.8, 4) is 11.4 Å². The lowest BCUT2D eigenvalue weighted by atomic mass is 10.1. The van der Waals surface area contributed by atoms with Crippen molar-refractivity contribution in [1.29, 1.82) is 0 Å². The summed E-state index contributed by atoms with van der Waals surface area (Å²) in [6.07, 6.45) is 3.84. The third-order valence-electron chi connectivity index (χ3n) is 3.28. The molecule has 0 aliphatic carbocycles. The molecular formula is C16H22N4. The van der Waals surface area contributed by atoms with Crippen molar-refractivity contribution < 1.29 is 0 Å². The van der Waals surface area contributed by atoms with E-state index in [0.29, 0.717) is 0 Å². The molecule has 2 rings (SSSR count). The molecule has 0 fully saturated rings. The van der Waals surface area contributed by atoms with Crippen molar-refractivity contribution in [2.45, 2.75) is 40.5 Å². The molecule has 0 aromatic carbocycles. The summed E-state index contributed by atoms with van der Waals surface area (Å²) >= 11 is 0. The number of rotatable bonds is 5. The van der Waals surface area contributed by atoms with E-state index in [9.17, 15) is 0 Å². The average Bonchev–Trinajstić information content (AvgIpc) is 2.45. The van der Waals surface area contributed by atoms with Gasteiger partial charge in [-0.15, -0.1) is 0 Å². The van der Waals surface area contributed by atoms with Crippen molar-refractivity contribution >= 4 is 5.82 Å². The molecule has 0 spiro atoms. The van der Waals surface area contributed by atoms with Crippen LogP contribution in [0.1, 0.15) is 37.2 Å². The molecule has 2 aromatic heterocycles. The molecule has 0 atom stereocenters. The minimum atomic E-state index is 0.741. The van der Waals surface area contributed by atoms with Crippen LogP contribution in [0.2, 0.25) is 0 Å². The van der Waals surface area contributed by atoms with Crippen LogP contribution in [0.5, 0.6) is 0 Å². The van der Waals surface area contributed by atoms with Crippen LogP contribution in [0.15, 0.2) is 18.3 Å². The predicted molar refractivity (Wildman–Crippen MR) is 82.9 cm³/mol. The summed E-state index contributed by atoms with van der Waals surface area (Å²) in [5, 5.41) is 3.40. The van der Waals surface area contributed by atoms with Crippen LogP contribution < -0.4 is 5.32 Å². The molecule has 0 unspecified atom stereocenters. The number of aryl methyl sites for hydroxylation is 2. The second kappa shape index (κ2) is 6.46. The Kier molecular flexibility index (Phi) is 4.66. The fraction of sp³-hybridized carbons (Fsp3) is 0.438. The molecule has 2 heterocycles. The Labute approximate surface area is 120 Å². The van der Waals surface area contributed by atoms with E-state index in [0.717, 1.165) is 48.0 Å². The summed E-state index contributed by atoms with van der Waals surface area (Å²) < 4.78 is 0. The number of hydrogen-bond acceptors (Lipinski definition) is 4. The van der Waals surface area contributed by atoms with E-state index >= 15 is 0 Å². The predicted octanol–water partition coefficient (Wildman–Crippen LogP) is 3.54. The quantitative estimate of drug-likeness (QED) is 0.903. The Bertz CT molecular complexity index is 576. The van der Waals surface area contributed by atoms with Gasteiger partial charge in [0.15, 0.2) is 5.82 Å². The van der Waals surface area contributed by atoms with Crippen molar-refractivity contribution in [1.82, 2.24) is 15.0 Å². The van der Waals surface area contributed by atoms with Crippen LogP contribution in [0.4, 0.5) is 5.82 Å². The number of aromatic nitrogens is 3. The Morgan fingerprint density at radius 1 is 1.10 bits per heavy atom. The van der Waals surface area contributed by atoms with Gasteiger partial charge in [0.1, 0.15) is 5.82 Å². The molecule has 0 aliphatic heterocycles. The van der Waals surface area contributed by atoms with E-state index in [2.05, 4.69) is 34.1 Å². The molecule has 0 bridgehead atoms. The molecule has 106 valence electrons. The first-order valence-electron chi connectivity index (χ1n) is 7.20. The van der Waals surface area contributed by atoms with Gasteiger partial charge in [0.05, 0.1) is 0 Å². The molecule has 0 radical (unpaired) electrons. The minimum absolute atomic E-state index is 0.741. The van der Waals surface area contributed by atoms with Crippen LogP contribution in [0.25, 0.3) is 11.4 Å². The first kappa shape index (κ1) is 14.4. The number of pyridine rings is 1. The van der Waals surface area contributed by atoms with Crippen molar-refractivity contribution in [3.05, 3.63) is 35.3 Å². The summed E-state index contributed by atoms with van der Waals surface area (Å²) in [5.41, 5.74) is 4.19. The molecule has 0 amide bonds. The molecule has 2 aromatic rings. The summed E-state index contributed by atoms with van der Waals surface area (Å²) in [6.45, 7) is 9.23. The highest BCUT2D eigenvalue weighted by Gasteiger charge is 2.11. The van der Waals surface area contributed by atoms with E-state index < -0.39 is 0 Å². The zero-order valence-electron chi connectivity index (χ0n) is 12.7. The molecular weight excluding hydrogens is 248 g/mol. The molecule has 4 nitrogen and oxygen atoms in total. The maximum Gasteiger partial charge on any atom is 0.163 e. The van der Waals surface area contributed by atoms with Crippen LogP contribution in [0, 0.1) is 13.8 Å². The van der Waals surface area contributed by atoms with Gasteiger partial charge in [-0.3, -0.25) is 4.98 Å². The van der Waals surface area contributed by atoms with Crippen LogP contribution in [0.3, 0.4) is 0 Å². The van der Waals surface area contributed by atoms with Gasteiger partial charge in [0, 0.05) is 35.3 Å². The second-order valence-electron chi connectivity index (χ2n) is 4.93. The van der Waals surface area contributed by atoms with Crippen molar-refractivity contribution in [2.75, 3.05) is 11.9 Å². The molecule has 0 saturated heterocycles. The van der Waals surface area contributed by atoms with Crippen molar-refractivity contribution in [2.24, 2.45) is 0 Å². The Morgan fingerprint density at radius 2 is 1.90 bits per heavy atom. The van der Waals surface area contributed by atoms with Crippen LogP contribution >= 0.6 is 0 Å². The van der Waals surface area contributed by atoms with E-state index in [1.165, 1.54) is 5.56 Å². The smallest absolute Gasteiger partial charge is 0.163 e. The minimum Gasteiger partial charge on any atom is -0.370 e. The van der Waals surface area contributed by atoms with E-state index in [1.807, 2.05) is 32.2 Å². The fourth-order valence-electron chi connectivity index (χ4n) is 2.14. The van der Waals surface area contributed by atoms with Gasteiger partial charge in [0.2, 0.25) is 0 Å². The Hall–Kier alpha value is -1.97. The lowest BCUT2D eigenvalue weighted by Crippen LogP contribution is -2.09. The van der Waals surface area contributed by atoms with Gasteiger partial charge in [-0.05, 0) is 38.8 Å². The Morgan fingerprint density at radius 3 is 2.50 bits per heavy atom. The summed E-state index contributed by atoms with van der Waals surface area (Å²) in [6, 6.07) is 4.01. The largest absolute Gasteiger partial charge is 0.370 e. The highest BCUT2D eigenvalue weighted by molar-refractivity contribution is 5.59. The normalized spacial score (nSPS) is 10.6. The number of hydrogen-bond donors (Lipinski definition) is 1. The van der Waals surface area contributed by atoms with Gasteiger partial charge >= 0.3 is 0 Å². The maximum absolute atomic E-state index is 4.68. The molecule has 4 heteroatoms. The monoisotopic (exact) mass is 270 g/mol. The second-order valence-corrected chi connectivity index (χ2v) is 4.93. The first-order valence-corrected chi connectivity index (χ1v) is 7.20. The van der Waals surface area contributed by atoms with Gasteiger partial charge in [-0.25, -0.2) is 9.97 Å². The lowest BCUT2D eigenvalue weighted by Gasteiger charge is -2.13. The van der Waals surface area contributed by atoms with Gasteiger partial charge in [0.25, 0.3) is 0 Å². The van der Waals surface area contributed by atoms with Crippen LogP contribution in [-0.4, -0.2) is 21.5 Å². The molecule has 20 heavy (non-hydrogen) atoms. The van der Waals surface area contributed by atoms with E-state index in [-0.39, 0.29) is 0 Å². The fourth-order valence-corrected chi connectivity index (χ4v) is 2.14. The average molecular weight is 270 g/mol. The van der Waals surface area contributed by atoms with E-state index in [4.69, 9.17) is 0 Å². The van der Waals surface area contributed by atoms with E-state index in [1.54, 1.807) is 0 Å². The zero-order chi connectivity index (χ0) is 14.5. The standard InChI is InChI=1S/C16H22N4/c1-5-9-17-16-14(6-2)12(4)19-15(20-16)13-8-7-11(3)18-10-13/h7-8,10H,5-6,9H2,1-4H3,(H,17,19,20). The van der Waals surface area contributed by atoms with Gasteiger partial charge in [-0.2, -0.15) is 0 Å². The SMILES string of the molecule is CCCNc1nc(-c2ccc(C)nc2)nc(C)c1CC. The third kappa shape index (κ3) is 3.13. The first-order chi connectivity index (χ1) is 9.65.